The van der Waals surface area contributed by atoms with E-state index in [0.29, 0.717) is 18.8 Å². The second kappa shape index (κ2) is 10.1. The Morgan fingerprint density at radius 1 is 1.19 bits per heavy atom. The molecule has 6 heteroatoms. The van der Waals surface area contributed by atoms with Crippen molar-refractivity contribution < 1.29 is 14.3 Å². The molecule has 2 rings (SSSR count). The van der Waals surface area contributed by atoms with Gasteiger partial charge in [-0.1, -0.05) is 45.8 Å². The lowest BCUT2D eigenvalue weighted by Crippen LogP contribution is -2.49. The van der Waals surface area contributed by atoms with Crippen LogP contribution < -0.4 is 10.1 Å². The zero-order chi connectivity index (χ0) is 19.8. The fourth-order valence-corrected chi connectivity index (χ4v) is 2.93. The van der Waals surface area contributed by atoms with E-state index in [1.165, 1.54) is 0 Å². The van der Waals surface area contributed by atoms with Crippen LogP contribution in [0.3, 0.4) is 0 Å². The second-order valence-electron chi connectivity index (χ2n) is 6.32. The van der Waals surface area contributed by atoms with Crippen molar-refractivity contribution in [1.29, 1.82) is 0 Å². The number of nitrogens with one attached hydrogen (secondary N) is 1. The number of likely N-dealkylation sites (N-methyl/N-ethyl adjacent to an activating group) is 1. The molecule has 0 bridgehead atoms. The van der Waals surface area contributed by atoms with Gasteiger partial charge in [0, 0.05) is 17.6 Å². The number of ether oxygens (including phenoxy) is 1. The summed E-state index contributed by atoms with van der Waals surface area (Å²) in [6.07, 6.45) is 0. The average molecular weight is 433 g/mol. The minimum absolute atomic E-state index is 0.128. The number of carbonyl (C=O) groups is 2. The average Bonchev–Trinajstić information content (AvgIpc) is 2.65. The van der Waals surface area contributed by atoms with E-state index in [4.69, 9.17) is 4.74 Å². The van der Waals surface area contributed by atoms with E-state index in [0.717, 1.165) is 15.6 Å². The lowest BCUT2D eigenvalue weighted by atomic mass is 10.1. The van der Waals surface area contributed by atoms with Crippen molar-refractivity contribution in [2.45, 2.75) is 33.4 Å². The summed E-state index contributed by atoms with van der Waals surface area (Å²) in [7, 11) is 0. The van der Waals surface area contributed by atoms with Crippen molar-refractivity contribution in [3.05, 3.63) is 64.1 Å². The van der Waals surface area contributed by atoms with Gasteiger partial charge in [0.25, 0.3) is 5.91 Å². The van der Waals surface area contributed by atoms with Gasteiger partial charge in [0.15, 0.2) is 6.61 Å². The Morgan fingerprint density at radius 3 is 2.52 bits per heavy atom. The van der Waals surface area contributed by atoms with E-state index < -0.39 is 6.04 Å². The maximum Gasteiger partial charge on any atom is 0.261 e. The highest BCUT2D eigenvalue weighted by atomic mass is 79.9. The molecule has 1 N–H and O–H groups in total. The number of rotatable bonds is 8. The molecule has 0 aromatic heterocycles. The summed E-state index contributed by atoms with van der Waals surface area (Å²) in [5.74, 6) is 0.188. The quantitative estimate of drug-likeness (QED) is 0.691. The summed E-state index contributed by atoms with van der Waals surface area (Å²) in [5, 5.41) is 2.78. The van der Waals surface area contributed by atoms with Crippen molar-refractivity contribution in [3.63, 3.8) is 0 Å². The second-order valence-corrected chi connectivity index (χ2v) is 7.24. The molecule has 5 nitrogen and oxygen atoms in total. The summed E-state index contributed by atoms with van der Waals surface area (Å²) in [6, 6.07) is 14.6. The highest BCUT2D eigenvalue weighted by Gasteiger charge is 2.26. The topological polar surface area (TPSA) is 58.6 Å². The third-order valence-electron chi connectivity index (χ3n) is 4.13. The van der Waals surface area contributed by atoms with Crippen LogP contribution in [-0.2, 0) is 16.1 Å². The van der Waals surface area contributed by atoms with Gasteiger partial charge in [-0.15, -0.1) is 0 Å². The summed E-state index contributed by atoms with van der Waals surface area (Å²) in [5.41, 5.74) is 2.08. The maximum atomic E-state index is 12.8. The van der Waals surface area contributed by atoms with Crippen LogP contribution >= 0.6 is 15.9 Å². The molecule has 0 fully saturated rings. The molecule has 1 unspecified atom stereocenters. The Morgan fingerprint density at radius 2 is 1.89 bits per heavy atom. The Kier molecular flexibility index (Phi) is 7.85. The van der Waals surface area contributed by atoms with E-state index in [2.05, 4.69) is 21.2 Å². The van der Waals surface area contributed by atoms with Crippen LogP contribution in [0.4, 0.5) is 0 Å². The predicted octanol–water partition coefficient (Wildman–Crippen LogP) is 3.69. The number of benzene rings is 2. The first-order valence-corrected chi connectivity index (χ1v) is 9.71. The van der Waals surface area contributed by atoms with E-state index in [-0.39, 0.29) is 18.4 Å². The van der Waals surface area contributed by atoms with E-state index in [9.17, 15) is 9.59 Å². The monoisotopic (exact) mass is 432 g/mol. The van der Waals surface area contributed by atoms with Crippen molar-refractivity contribution in [2.24, 2.45) is 0 Å². The molecule has 0 aliphatic heterocycles. The van der Waals surface area contributed by atoms with Crippen LogP contribution in [0.25, 0.3) is 0 Å². The standard InChI is InChI=1S/C21H25BrN2O3/c1-4-23-21(26)16(3)24(13-17-7-5-6-15(2)12-17)20(25)14-27-19-10-8-18(22)9-11-19/h5-12,16H,4,13-14H2,1-3H3,(H,23,26). The molecule has 0 heterocycles. The lowest BCUT2D eigenvalue weighted by molar-refractivity contribution is -0.142. The van der Waals surface area contributed by atoms with Crippen LogP contribution in [-0.4, -0.2) is 35.9 Å². The molecular weight excluding hydrogens is 408 g/mol. The van der Waals surface area contributed by atoms with Gasteiger partial charge in [-0.2, -0.15) is 0 Å². The van der Waals surface area contributed by atoms with Gasteiger partial charge >= 0.3 is 0 Å². The Bertz CT molecular complexity index is 777. The van der Waals surface area contributed by atoms with Gasteiger partial charge in [-0.25, -0.2) is 0 Å². The van der Waals surface area contributed by atoms with Gasteiger partial charge in [-0.05, 0) is 50.6 Å². The highest BCUT2D eigenvalue weighted by Crippen LogP contribution is 2.17. The van der Waals surface area contributed by atoms with Gasteiger partial charge in [0.2, 0.25) is 5.91 Å². The predicted molar refractivity (Wildman–Crippen MR) is 110 cm³/mol. The molecule has 2 amide bonds. The number of carbonyl (C=O) groups excluding carboxylic acids is 2. The molecule has 27 heavy (non-hydrogen) atoms. The van der Waals surface area contributed by atoms with Crippen molar-refractivity contribution in [3.8, 4) is 5.75 Å². The number of aryl methyl sites for hydroxylation is 1. The van der Waals surface area contributed by atoms with Crippen LogP contribution in [0.15, 0.2) is 53.0 Å². The zero-order valence-electron chi connectivity index (χ0n) is 15.9. The van der Waals surface area contributed by atoms with E-state index in [1.54, 1.807) is 24.0 Å². The molecule has 1 atom stereocenters. The van der Waals surface area contributed by atoms with Crippen molar-refractivity contribution in [1.82, 2.24) is 10.2 Å². The number of hydrogen-bond acceptors (Lipinski definition) is 3. The van der Waals surface area contributed by atoms with Crippen LogP contribution in [0.5, 0.6) is 5.75 Å². The molecule has 2 aromatic carbocycles. The van der Waals surface area contributed by atoms with Crippen LogP contribution in [0.2, 0.25) is 0 Å². The summed E-state index contributed by atoms with van der Waals surface area (Å²) in [4.78, 5) is 26.7. The fourth-order valence-electron chi connectivity index (χ4n) is 2.67. The van der Waals surface area contributed by atoms with Crippen LogP contribution in [0, 0.1) is 6.92 Å². The minimum atomic E-state index is -0.591. The largest absolute Gasteiger partial charge is 0.484 e. The first-order valence-electron chi connectivity index (χ1n) is 8.91. The molecular formula is C21H25BrN2O3. The Hall–Kier alpha value is -2.34. The first-order chi connectivity index (χ1) is 12.9. The minimum Gasteiger partial charge on any atom is -0.484 e. The fraction of sp³-hybridized carbons (Fsp3) is 0.333. The smallest absolute Gasteiger partial charge is 0.261 e. The van der Waals surface area contributed by atoms with Crippen molar-refractivity contribution >= 4 is 27.7 Å². The lowest BCUT2D eigenvalue weighted by Gasteiger charge is -2.28. The third kappa shape index (κ3) is 6.40. The van der Waals surface area contributed by atoms with Gasteiger partial charge < -0.3 is 15.0 Å². The highest BCUT2D eigenvalue weighted by molar-refractivity contribution is 9.10. The third-order valence-corrected chi connectivity index (χ3v) is 4.66. The molecule has 0 radical (unpaired) electrons. The van der Waals surface area contributed by atoms with Gasteiger partial charge in [-0.3, -0.25) is 9.59 Å². The Labute approximate surface area is 168 Å². The maximum absolute atomic E-state index is 12.8. The van der Waals surface area contributed by atoms with E-state index in [1.807, 2.05) is 50.2 Å². The summed E-state index contributed by atoms with van der Waals surface area (Å²) < 4.78 is 6.55. The molecule has 0 aliphatic carbocycles. The number of amides is 2. The molecule has 144 valence electrons. The van der Waals surface area contributed by atoms with Crippen LogP contribution in [0.1, 0.15) is 25.0 Å². The zero-order valence-corrected chi connectivity index (χ0v) is 17.5. The molecule has 0 aliphatic rings. The summed E-state index contributed by atoms with van der Waals surface area (Å²) >= 11 is 3.37. The molecule has 0 saturated heterocycles. The number of halogens is 1. The Balaban J connectivity index is 2.12. The first kappa shape index (κ1) is 21.0. The molecule has 0 saturated carbocycles. The number of hydrogen-bond donors (Lipinski definition) is 1. The molecule has 0 spiro atoms. The number of nitrogens with zero attached hydrogens (tertiary/aromatic N) is 1. The van der Waals surface area contributed by atoms with Gasteiger partial charge in [0.1, 0.15) is 11.8 Å². The normalized spacial score (nSPS) is 11.6. The molecule has 2 aromatic rings. The van der Waals surface area contributed by atoms with Crippen molar-refractivity contribution in [2.75, 3.05) is 13.2 Å². The van der Waals surface area contributed by atoms with Gasteiger partial charge in [0.05, 0.1) is 0 Å². The summed E-state index contributed by atoms with van der Waals surface area (Å²) in [6.45, 7) is 6.33. The SMILES string of the molecule is CCNC(=O)C(C)N(Cc1cccc(C)c1)C(=O)COc1ccc(Br)cc1. The van der Waals surface area contributed by atoms with E-state index >= 15 is 0 Å².